The number of nitrogens with zero attached hydrogens (tertiary/aromatic N) is 3. The van der Waals surface area contributed by atoms with E-state index in [0.717, 1.165) is 16.9 Å². The van der Waals surface area contributed by atoms with Gasteiger partial charge in [-0.05, 0) is 55.3 Å². The van der Waals surface area contributed by atoms with Crippen molar-refractivity contribution in [3.63, 3.8) is 0 Å². The fourth-order valence-electron chi connectivity index (χ4n) is 4.97. The van der Waals surface area contributed by atoms with E-state index in [9.17, 15) is 14.7 Å². The van der Waals surface area contributed by atoms with E-state index in [1.165, 1.54) is 12.3 Å². The van der Waals surface area contributed by atoms with Crippen molar-refractivity contribution in [3.05, 3.63) is 96.2 Å². The van der Waals surface area contributed by atoms with Crippen LogP contribution in [0.5, 0.6) is 5.75 Å². The van der Waals surface area contributed by atoms with Crippen molar-refractivity contribution in [2.45, 2.75) is 32.4 Å². The van der Waals surface area contributed by atoms with Crippen LogP contribution in [-0.2, 0) is 4.79 Å². The smallest absolute Gasteiger partial charge is 0.260 e. The third kappa shape index (κ3) is 3.57. The summed E-state index contributed by atoms with van der Waals surface area (Å²) in [5, 5.41) is 10.8. The number of carbonyl (C=O) groups is 2. The molecule has 1 aliphatic rings. The second-order valence-electron chi connectivity index (χ2n) is 8.59. The van der Waals surface area contributed by atoms with Crippen molar-refractivity contribution < 1.29 is 14.7 Å². The average Bonchev–Trinajstić information content (AvgIpc) is 2.84. The zero-order chi connectivity index (χ0) is 23.8. The second-order valence-corrected chi connectivity index (χ2v) is 8.59. The monoisotopic (exact) mass is 451 g/mol. The Morgan fingerprint density at radius 2 is 1.71 bits per heavy atom. The molecular weight excluding hydrogens is 426 g/mol. The van der Waals surface area contributed by atoms with Gasteiger partial charge in [0.1, 0.15) is 5.75 Å². The Labute approximate surface area is 198 Å². The summed E-state index contributed by atoms with van der Waals surface area (Å²) >= 11 is 0. The Morgan fingerprint density at radius 3 is 2.47 bits per heavy atom. The number of rotatable bonds is 3. The number of fused-ring (bicyclic) bond motifs is 2. The molecule has 0 saturated heterocycles. The van der Waals surface area contributed by atoms with Gasteiger partial charge in [0.25, 0.3) is 5.91 Å². The first-order valence-corrected chi connectivity index (χ1v) is 11.3. The summed E-state index contributed by atoms with van der Waals surface area (Å²) in [5.41, 5.74) is 3.42. The van der Waals surface area contributed by atoms with E-state index in [0.29, 0.717) is 22.9 Å². The average molecular weight is 452 g/mol. The lowest BCUT2D eigenvalue weighted by atomic mass is 9.89. The zero-order valence-corrected chi connectivity index (χ0v) is 19.1. The molecule has 2 amide bonds. The number of hydrogen-bond donors (Lipinski definition) is 1. The molecule has 0 aliphatic carbocycles. The molecule has 6 nitrogen and oxygen atoms in total. The minimum Gasteiger partial charge on any atom is -0.507 e. The first-order valence-electron chi connectivity index (χ1n) is 11.3. The molecular formula is C28H25N3O3. The van der Waals surface area contributed by atoms with Crippen LogP contribution in [0.4, 0.5) is 11.4 Å². The summed E-state index contributed by atoms with van der Waals surface area (Å²) < 4.78 is 0. The maximum absolute atomic E-state index is 13.9. The van der Waals surface area contributed by atoms with Crippen LogP contribution in [0, 0.1) is 0 Å². The van der Waals surface area contributed by atoms with Crippen molar-refractivity contribution in [1.82, 2.24) is 4.98 Å². The third-order valence-corrected chi connectivity index (χ3v) is 6.44. The molecule has 0 fully saturated rings. The van der Waals surface area contributed by atoms with Crippen LogP contribution < -0.4 is 9.80 Å². The van der Waals surface area contributed by atoms with Crippen molar-refractivity contribution in [1.29, 1.82) is 0 Å². The quantitative estimate of drug-likeness (QED) is 0.448. The molecule has 170 valence electrons. The number of aromatic nitrogens is 1. The van der Waals surface area contributed by atoms with Crippen LogP contribution >= 0.6 is 0 Å². The van der Waals surface area contributed by atoms with Gasteiger partial charge in [0.15, 0.2) is 0 Å². The first kappa shape index (κ1) is 21.6. The van der Waals surface area contributed by atoms with Gasteiger partial charge in [0.2, 0.25) is 5.91 Å². The molecule has 3 aromatic carbocycles. The van der Waals surface area contributed by atoms with Gasteiger partial charge >= 0.3 is 0 Å². The molecule has 1 aromatic heterocycles. The molecule has 2 atom stereocenters. The topological polar surface area (TPSA) is 73.7 Å². The normalized spacial score (nSPS) is 17.3. The predicted molar refractivity (Wildman–Crippen MR) is 133 cm³/mol. The summed E-state index contributed by atoms with van der Waals surface area (Å²) in [5.74, 6) is -0.144. The fraction of sp³-hybridized carbons (Fsp3) is 0.179. The number of anilines is 2. The molecule has 0 spiro atoms. The molecule has 5 rings (SSSR count). The van der Waals surface area contributed by atoms with Crippen molar-refractivity contribution in [3.8, 4) is 5.75 Å². The summed E-state index contributed by atoms with van der Waals surface area (Å²) in [6.07, 6.45) is 2.09. The highest BCUT2D eigenvalue weighted by molar-refractivity contribution is 6.14. The van der Waals surface area contributed by atoms with Crippen LogP contribution in [0.2, 0.25) is 0 Å². The Bertz CT molecular complexity index is 1390. The number of hydrogen-bond acceptors (Lipinski definition) is 4. The maximum atomic E-state index is 13.9. The minimum atomic E-state index is -0.204. The van der Waals surface area contributed by atoms with Crippen LogP contribution in [0.15, 0.2) is 85.1 Å². The Hall–Kier alpha value is -4.19. The largest absolute Gasteiger partial charge is 0.507 e. The lowest BCUT2D eigenvalue weighted by molar-refractivity contribution is -0.117. The number of aromatic hydroxyl groups is 1. The Morgan fingerprint density at radius 1 is 0.971 bits per heavy atom. The lowest BCUT2D eigenvalue weighted by Crippen LogP contribution is -2.47. The first-order chi connectivity index (χ1) is 16.5. The highest BCUT2D eigenvalue weighted by Gasteiger charge is 2.38. The number of para-hydroxylation sites is 3. The van der Waals surface area contributed by atoms with Crippen molar-refractivity contribution >= 4 is 34.1 Å². The van der Waals surface area contributed by atoms with Gasteiger partial charge < -0.3 is 14.9 Å². The van der Waals surface area contributed by atoms with Gasteiger partial charge in [0, 0.05) is 35.9 Å². The van der Waals surface area contributed by atoms with E-state index in [4.69, 9.17) is 0 Å². The van der Waals surface area contributed by atoms with E-state index >= 15 is 0 Å². The van der Waals surface area contributed by atoms with E-state index in [-0.39, 0.29) is 29.6 Å². The summed E-state index contributed by atoms with van der Waals surface area (Å²) in [6.45, 7) is 3.58. The highest BCUT2D eigenvalue weighted by Crippen LogP contribution is 2.43. The van der Waals surface area contributed by atoms with Crippen molar-refractivity contribution in [2.24, 2.45) is 0 Å². The molecule has 1 N–H and O–H groups in total. The minimum absolute atomic E-state index is 0.0493. The van der Waals surface area contributed by atoms with Crippen LogP contribution in [0.3, 0.4) is 0 Å². The second kappa shape index (κ2) is 8.63. The van der Waals surface area contributed by atoms with Crippen LogP contribution in [-0.4, -0.2) is 27.9 Å². The number of benzene rings is 3. The Kier molecular flexibility index (Phi) is 5.49. The van der Waals surface area contributed by atoms with Gasteiger partial charge in [-0.3, -0.25) is 14.6 Å². The molecule has 34 heavy (non-hydrogen) atoms. The molecule has 6 heteroatoms. The maximum Gasteiger partial charge on any atom is 0.260 e. The standard InChI is InChI=1S/C28H25N3O3/c1-18-17-25(31(19(2)32)20-9-4-3-5-10-20)21-11-6-7-14-24(21)30(18)28(34)23-13-8-12-22-26(33)15-16-29-27(22)23/h3-16,18,25H,17H2,1-2H3,(H,29,33). The van der Waals surface area contributed by atoms with E-state index in [2.05, 4.69) is 4.98 Å². The number of pyridine rings is 1. The summed E-state index contributed by atoms with van der Waals surface area (Å²) in [7, 11) is 0. The van der Waals surface area contributed by atoms with E-state index in [1.54, 1.807) is 30.0 Å². The molecule has 4 aromatic rings. The summed E-state index contributed by atoms with van der Waals surface area (Å²) in [6, 6.07) is 23.8. The van der Waals surface area contributed by atoms with Gasteiger partial charge in [0.05, 0.1) is 17.1 Å². The summed E-state index contributed by atoms with van der Waals surface area (Å²) in [4.78, 5) is 34.7. The predicted octanol–water partition coefficient (Wildman–Crippen LogP) is 5.47. The fourth-order valence-corrected chi connectivity index (χ4v) is 4.97. The van der Waals surface area contributed by atoms with E-state index < -0.39 is 0 Å². The Balaban J connectivity index is 1.61. The SMILES string of the molecule is CC(=O)N(c1ccccc1)C1CC(C)N(C(=O)c2cccc3c(O)ccnc23)c2ccccc21. The van der Waals surface area contributed by atoms with Gasteiger partial charge in [-0.15, -0.1) is 0 Å². The number of amides is 2. The molecule has 0 bridgehead atoms. The molecule has 2 unspecified atom stereocenters. The zero-order valence-electron chi connectivity index (χ0n) is 19.1. The van der Waals surface area contributed by atoms with Crippen LogP contribution in [0.1, 0.15) is 42.2 Å². The lowest BCUT2D eigenvalue weighted by Gasteiger charge is -2.43. The van der Waals surface area contributed by atoms with Crippen molar-refractivity contribution in [2.75, 3.05) is 9.80 Å². The van der Waals surface area contributed by atoms with Gasteiger partial charge in [-0.1, -0.05) is 42.5 Å². The van der Waals surface area contributed by atoms with Gasteiger partial charge in [-0.2, -0.15) is 0 Å². The highest BCUT2D eigenvalue weighted by atomic mass is 16.3. The van der Waals surface area contributed by atoms with Crippen LogP contribution in [0.25, 0.3) is 10.9 Å². The third-order valence-electron chi connectivity index (χ3n) is 6.44. The van der Waals surface area contributed by atoms with Gasteiger partial charge in [-0.25, -0.2) is 0 Å². The van der Waals surface area contributed by atoms with E-state index in [1.807, 2.05) is 66.4 Å². The molecule has 2 heterocycles. The molecule has 0 saturated carbocycles. The molecule has 1 aliphatic heterocycles. The molecule has 0 radical (unpaired) electrons. The number of carbonyl (C=O) groups excluding carboxylic acids is 2.